The molecule has 1 unspecified atom stereocenters. The summed E-state index contributed by atoms with van der Waals surface area (Å²) in [5, 5.41) is 10.8. The first-order valence-electron chi connectivity index (χ1n) is 9.13. The number of carbonyl (C=O) groups is 1. The van der Waals surface area contributed by atoms with Gasteiger partial charge in [0.05, 0.1) is 15.5 Å². The Balaban J connectivity index is 1.52. The van der Waals surface area contributed by atoms with E-state index in [0.29, 0.717) is 28.5 Å². The molecular formula is C19H15Cl2FN4O4S. The van der Waals surface area contributed by atoms with Crippen LogP contribution in [0, 0.1) is 5.82 Å². The van der Waals surface area contributed by atoms with Gasteiger partial charge in [0.1, 0.15) is 11.9 Å². The minimum atomic E-state index is -3.98. The quantitative estimate of drug-likeness (QED) is 0.587. The number of anilines is 1. The molecule has 1 aromatic heterocycles. The molecule has 12 heteroatoms. The number of hydrogen-bond acceptors (Lipinski definition) is 6. The van der Waals surface area contributed by atoms with Gasteiger partial charge in [-0.3, -0.25) is 10.1 Å². The van der Waals surface area contributed by atoms with Crippen LogP contribution in [0.15, 0.2) is 51.8 Å². The van der Waals surface area contributed by atoms with Crippen LogP contribution in [-0.2, 0) is 14.8 Å². The van der Waals surface area contributed by atoms with E-state index in [1.165, 1.54) is 6.07 Å². The Kier molecular flexibility index (Phi) is 5.98. The lowest BCUT2D eigenvalue weighted by atomic mass is 10.2. The van der Waals surface area contributed by atoms with Crippen molar-refractivity contribution in [3.63, 3.8) is 0 Å². The second kappa shape index (κ2) is 8.54. The van der Waals surface area contributed by atoms with Crippen molar-refractivity contribution >= 4 is 45.1 Å². The molecule has 1 N–H and O–H groups in total. The smallest absolute Gasteiger partial charge is 0.322 e. The Morgan fingerprint density at radius 3 is 2.61 bits per heavy atom. The van der Waals surface area contributed by atoms with Crippen LogP contribution in [0.25, 0.3) is 11.5 Å². The van der Waals surface area contributed by atoms with Crippen molar-refractivity contribution in [2.24, 2.45) is 0 Å². The molecule has 0 bridgehead atoms. The van der Waals surface area contributed by atoms with Gasteiger partial charge in [-0.15, -0.1) is 5.10 Å². The maximum absolute atomic E-state index is 13.2. The monoisotopic (exact) mass is 484 g/mol. The van der Waals surface area contributed by atoms with Crippen molar-refractivity contribution in [1.82, 2.24) is 14.5 Å². The molecule has 2 heterocycles. The van der Waals surface area contributed by atoms with Gasteiger partial charge in [-0.2, -0.15) is 4.31 Å². The molecular weight excluding hydrogens is 470 g/mol. The van der Waals surface area contributed by atoms with Crippen LogP contribution in [0.2, 0.25) is 10.0 Å². The number of nitrogens with one attached hydrogen (secondary N) is 1. The van der Waals surface area contributed by atoms with E-state index in [0.717, 1.165) is 28.6 Å². The predicted molar refractivity (Wildman–Crippen MR) is 112 cm³/mol. The number of amides is 1. The van der Waals surface area contributed by atoms with Crippen molar-refractivity contribution in [2.75, 3.05) is 11.9 Å². The maximum atomic E-state index is 13.2. The van der Waals surface area contributed by atoms with Crippen LogP contribution in [-0.4, -0.2) is 41.4 Å². The van der Waals surface area contributed by atoms with Gasteiger partial charge in [0.15, 0.2) is 0 Å². The molecule has 1 aliphatic heterocycles. The number of halogens is 3. The van der Waals surface area contributed by atoms with E-state index in [2.05, 4.69) is 15.5 Å². The predicted octanol–water partition coefficient (Wildman–Crippen LogP) is 3.97. The van der Waals surface area contributed by atoms with Crippen LogP contribution in [0.3, 0.4) is 0 Å². The molecule has 31 heavy (non-hydrogen) atoms. The van der Waals surface area contributed by atoms with Gasteiger partial charge < -0.3 is 4.42 Å². The molecule has 0 radical (unpaired) electrons. The van der Waals surface area contributed by atoms with Crippen LogP contribution in [0.1, 0.15) is 12.8 Å². The summed E-state index contributed by atoms with van der Waals surface area (Å²) in [5.41, 5.74) is 0.431. The van der Waals surface area contributed by atoms with E-state index in [4.69, 9.17) is 27.6 Å². The number of hydrogen-bond donors (Lipinski definition) is 1. The summed E-state index contributed by atoms with van der Waals surface area (Å²) in [5.74, 6) is -1.09. The van der Waals surface area contributed by atoms with Crippen molar-refractivity contribution in [3.8, 4) is 11.5 Å². The molecule has 1 aliphatic rings. The third-order valence-corrected chi connectivity index (χ3v) is 7.21. The summed E-state index contributed by atoms with van der Waals surface area (Å²) < 4.78 is 45.5. The van der Waals surface area contributed by atoms with Crippen LogP contribution in [0.5, 0.6) is 0 Å². The summed E-state index contributed by atoms with van der Waals surface area (Å²) >= 11 is 12.0. The second-order valence-corrected chi connectivity index (χ2v) is 9.49. The summed E-state index contributed by atoms with van der Waals surface area (Å²) in [6.45, 7) is 0.160. The lowest BCUT2D eigenvalue weighted by Crippen LogP contribution is -2.43. The zero-order valence-corrected chi connectivity index (χ0v) is 18.1. The van der Waals surface area contributed by atoms with Crippen LogP contribution in [0.4, 0.5) is 10.4 Å². The summed E-state index contributed by atoms with van der Waals surface area (Å²) in [4.78, 5) is 12.7. The van der Waals surface area contributed by atoms with Gasteiger partial charge >= 0.3 is 6.01 Å². The molecule has 1 saturated heterocycles. The lowest BCUT2D eigenvalue weighted by Gasteiger charge is -2.22. The second-order valence-electron chi connectivity index (χ2n) is 6.75. The molecule has 0 saturated carbocycles. The average Bonchev–Trinajstić information content (AvgIpc) is 3.38. The fourth-order valence-electron chi connectivity index (χ4n) is 3.27. The van der Waals surface area contributed by atoms with Gasteiger partial charge in [-0.1, -0.05) is 28.3 Å². The Bertz CT molecular complexity index is 1230. The summed E-state index contributed by atoms with van der Waals surface area (Å²) in [7, 11) is -3.98. The highest BCUT2D eigenvalue weighted by Gasteiger charge is 2.40. The van der Waals surface area contributed by atoms with Crippen LogP contribution < -0.4 is 5.32 Å². The zero-order chi connectivity index (χ0) is 22.2. The highest BCUT2D eigenvalue weighted by Crippen LogP contribution is 2.31. The van der Waals surface area contributed by atoms with E-state index in [-0.39, 0.29) is 23.3 Å². The summed E-state index contributed by atoms with van der Waals surface area (Å²) in [6.07, 6.45) is 0.810. The van der Waals surface area contributed by atoms with Gasteiger partial charge in [0.2, 0.25) is 15.9 Å². The SMILES string of the molecule is O=C(Nc1nnc(-c2ccc(Cl)cc2Cl)o1)C1CCCN1S(=O)(=O)c1ccc(F)cc1. The fourth-order valence-corrected chi connectivity index (χ4v) is 5.41. The highest BCUT2D eigenvalue weighted by molar-refractivity contribution is 7.89. The minimum absolute atomic E-state index is 0.0687. The van der Waals surface area contributed by atoms with Gasteiger partial charge in [-0.25, -0.2) is 12.8 Å². The van der Waals surface area contributed by atoms with E-state index >= 15 is 0 Å². The zero-order valence-electron chi connectivity index (χ0n) is 15.8. The first-order valence-corrected chi connectivity index (χ1v) is 11.3. The maximum Gasteiger partial charge on any atom is 0.322 e. The van der Waals surface area contributed by atoms with Crippen molar-refractivity contribution in [1.29, 1.82) is 0 Å². The van der Waals surface area contributed by atoms with E-state index in [9.17, 15) is 17.6 Å². The van der Waals surface area contributed by atoms with E-state index in [1.54, 1.807) is 12.1 Å². The standard InChI is InChI=1S/C19H15Cl2FN4O4S/c20-11-3-8-14(15(21)10-11)18-24-25-19(30-18)23-17(27)16-2-1-9-26(16)31(28,29)13-6-4-12(22)5-7-13/h3-8,10,16H,1-2,9H2,(H,23,25,27). The Hall–Kier alpha value is -2.53. The number of aromatic nitrogens is 2. The minimum Gasteiger partial charge on any atom is -0.403 e. The molecule has 162 valence electrons. The van der Waals surface area contributed by atoms with Crippen molar-refractivity contribution < 1.29 is 22.0 Å². The van der Waals surface area contributed by atoms with E-state index < -0.39 is 27.8 Å². The summed E-state index contributed by atoms with van der Waals surface area (Å²) in [6, 6.07) is 7.98. The molecule has 8 nitrogen and oxygen atoms in total. The van der Waals surface area contributed by atoms with Crippen LogP contribution >= 0.6 is 23.2 Å². The molecule has 4 rings (SSSR count). The molecule has 1 fully saturated rings. The van der Waals surface area contributed by atoms with E-state index in [1.807, 2.05) is 0 Å². The number of nitrogens with zero attached hydrogens (tertiary/aromatic N) is 3. The first-order chi connectivity index (χ1) is 14.8. The topological polar surface area (TPSA) is 105 Å². The van der Waals surface area contributed by atoms with Crippen molar-refractivity contribution in [3.05, 3.63) is 58.3 Å². The Labute approximate surface area is 187 Å². The normalized spacial score (nSPS) is 17.1. The first kappa shape index (κ1) is 21.7. The molecule has 1 atom stereocenters. The van der Waals surface area contributed by atoms with Gasteiger partial charge in [0, 0.05) is 11.6 Å². The fraction of sp³-hybridized carbons (Fsp3) is 0.211. The molecule has 3 aromatic rings. The third kappa shape index (κ3) is 4.42. The molecule has 0 spiro atoms. The molecule has 2 aromatic carbocycles. The van der Waals surface area contributed by atoms with Gasteiger partial charge in [-0.05, 0) is 55.3 Å². The number of sulfonamides is 1. The van der Waals surface area contributed by atoms with Crippen molar-refractivity contribution in [2.45, 2.75) is 23.8 Å². The lowest BCUT2D eigenvalue weighted by molar-refractivity contribution is -0.119. The largest absolute Gasteiger partial charge is 0.403 e. The number of carbonyl (C=O) groups excluding carboxylic acids is 1. The van der Waals surface area contributed by atoms with Gasteiger partial charge in [0.25, 0.3) is 5.89 Å². The molecule has 1 amide bonds. The Morgan fingerprint density at radius 2 is 1.90 bits per heavy atom. The highest BCUT2D eigenvalue weighted by atomic mass is 35.5. The number of rotatable bonds is 5. The average molecular weight is 485 g/mol. The molecule has 0 aliphatic carbocycles. The number of benzene rings is 2. The third-order valence-electron chi connectivity index (χ3n) is 4.74. The Morgan fingerprint density at radius 1 is 1.16 bits per heavy atom.